The lowest BCUT2D eigenvalue weighted by Gasteiger charge is -2.19. The molecule has 21 heavy (non-hydrogen) atoms. The van der Waals surface area contributed by atoms with Crippen LogP contribution in [0.4, 0.5) is 4.39 Å². The Morgan fingerprint density at radius 2 is 2.00 bits per heavy atom. The van der Waals surface area contributed by atoms with Crippen LogP contribution >= 0.6 is 0 Å². The van der Waals surface area contributed by atoms with Gasteiger partial charge in [-0.2, -0.15) is 0 Å². The molecule has 0 unspecified atom stereocenters. The monoisotopic (exact) mass is 312 g/mol. The number of benzene rings is 1. The number of rotatable bonds is 4. The van der Waals surface area contributed by atoms with Crippen molar-refractivity contribution in [2.75, 3.05) is 12.9 Å². The van der Waals surface area contributed by atoms with Gasteiger partial charge in [0.05, 0.1) is 6.61 Å². The Bertz CT molecular complexity index is 629. The van der Waals surface area contributed by atoms with E-state index in [1.165, 1.54) is 31.4 Å². The summed E-state index contributed by atoms with van der Waals surface area (Å²) in [7, 11) is -3.57. The molecule has 1 aliphatic carbocycles. The minimum atomic E-state index is -3.57. The fourth-order valence-corrected chi connectivity index (χ4v) is 3.56. The molecular formula is C16H21FO3S. The van der Waals surface area contributed by atoms with Crippen LogP contribution in [0.3, 0.4) is 0 Å². The summed E-state index contributed by atoms with van der Waals surface area (Å²) < 4.78 is 36.8. The summed E-state index contributed by atoms with van der Waals surface area (Å²) in [6, 6.07) is 4.02. The quantitative estimate of drug-likeness (QED) is 0.929. The van der Waals surface area contributed by atoms with E-state index in [-0.39, 0.29) is 11.5 Å². The lowest BCUT2D eigenvalue weighted by molar-refractivity contribution is 0.347. The first kappa shape index (κ1) is 16.2. The molecule has 1 saturated carbocycles. The van der Waals surface area contributed by atoms with Crippen molar-refractivity contribution in [1.82, 2.24) is 0 Å². The average molecular weight is 312 g/mol. The highest BCUT2D eigenvalue weighted by molar-refractivity contribution is 7.90. The van der Waals surface area contributed by atoms with Crippen LogP contribution in [0.5, 0.6) is 0 Å². The fourth-order valence-electron chi connectivity index (χ4n) is 2.83. The zero-order chi connectivity index (χ0) is 15.5. The van der Waals surface area contributed by atoms with Gasteiger partial charge in [0.1, 0.15) is 10.7 Å². The zero-order valence-electron chi connectivity index (χ0n) is 12.2. The number of sulfone groups is 1. The van der Waals surface area contributed by atoms with Crippen molar-refractivity contribution in [3.05, 3.63) is 35.7 Å². The molecule has 1 N–H and O–H groups in total. The van der Waals surface area contributed by atoms with Crippen molar-refractivity contribution in [2.24, 2.45) is 5.92 Å². The Hall–Kier alpha value is -1.20. The average Bonchev–Trinajstić information content (AvgIpc) is 2.44. The van der Waals surface area contributed by atoms with Gasteiger partial charge in [-0.25, -0.2) is 12.8 Å². The molecule has 0 heterocycles. The number of aliphatic hydroxyl groups is 1. The highest BCUT2D eigenvalue weighted by Gasteiger charge is 2.16. The second kappa shape index (κ2) is 6.71. The molecule has 1 aromatic rings. The van der Waals surface area contributed by atoms with Crippen LogP contribution in [-0.4, -0.2) is 26.4 Å². The van der Waals surface area contributed by atoms with Crippen LogP contribution in [0.15, 0.2) is 29.2 Å². The Labute approximate surface area is 125 Å². The maximum atomic E-state index is 13.9. The molecule has 0 spiro atoms. The standard InChI is InChI=1S/C16H21FO3S/c1-21(19,20)16-8-7-13(10-15(16)17)14(11-18)9-12-5-3-2-4-6-12/h7-10,12,18H,2-6,11H2,1H3/b14-9-. The van der Waals surface area contributed by atoms with Gasteiger partial charge in [-0.05, 0) is 42.0 Å². The summed E-state index contributed by atoms with van der Waals surface area (Å²) in [5.74, 6) is -0.350. The van der Waals surface area contributed by atoms with Gasteiger partial charge in [-0.15, -0.1) is 0 Å². The predicted molar refractivity (Wildman–Crippen MR) is 81.1 cm³/mol. The fraction of sp³-hybridized carbons (Fsp3) is 0.500. The van der Waals surface area contributed by atoms with E-state index in [4.69, 9.17) is 0 Å². The molecule has 0 radical (unpaired) electrons. The summed E-state index contributed by atoms with van der Waals surface area (Å²) >= 11 is 0. The number of hydrogen-bond donors (Lipinski definition) is 1. The first-order valence-corrected chi connectivity index (χ1v) is 9.12. The smallest absolute Gasteiger partial charge is 0.178 e. The second-order valence-electron chi connectivity index (χ2n) is 5.67. The van der Waals surface area contributed by atoms with Crippen LogP contribution in [0.2, 0.25) is 0 Å². The Kier molecular flexibility index (Phi) is 5.17. The summed E-state index contributed by atoms with van der Waals surface area (Å²) in [5.41, 5.74) is 1.22. The maximum absolute atomic E-state index is 13.9. The number of allylic oxidation sites excluding steroid dienone is 1. The maximum Gasteiger partial charge on any atom is 0.178 e. The Morgan fingerprint density at radius 3 is 2.52 bits per heavy atom. The predicted octanol–water partition coefficient (Wildman–Crippen LogP) is 3.19. The van der Waals surface area contributed by atoms with Crippen molar-refractivity contribution in [3.8, 4) is 0 Å². The van der Waals surface area contributed by atoms with Crippen LogP contribution in [0.25, 0.3) is 5.57 Å². The van der Waals surface area contributed by atoms with Gasteiger partial charge in [-0.3, -0.25) is 0 Å². The van der Waals surface area contributed by atoms with Crippen LogP contribution < -0.4 is 0 Å². The van der Waals surface area contributed by atoms with Crippen molar-refractivity contribution in [3.63, 3.8) is 0 Å². The molecule has 0 aromatic heterocycles. The van der Waals surface area contributed by atoms with E-state index in [1.54, 1.807) is 6.07 Å². The van der Waals surface area contributed by atoms with Gasteiger partial charge in [0.2, 0.25) is 0 Å². The molecule has 0 atom stereocenters. The molecular weight excluding hydrogens is 291 g/mol. The minimum absolute atomic E-state index is 0.172. The van der Waals surface area contributed by atoms with Crippen molar-refractivity contribution in [1.29, 1.82) is 0 Å². The summed E-state index contributed by atoms with van der Waals surface area (Å²) in [6.45, 7) is -0.172. The summed E-state index contributed by atoms with van der Waals surface area (Å²) in [6.07, 6.45) is 8.78. The molecule has 1 fully saturated rings. The van der Waals surface area contributed by atoms with Crippen LogP contribution in [-0.2, 0) is 9.84 Å². The van der Waals surface area contributed by atoms with Crippen molar-refractivity contribution < 1.29 is 17.9 Å². The molecule has 1 aliphatic rings. The largest absolute Gasteiger partial charge is 0.392 e. The van der Waals surface area contributed by atoms with Gasteiger partial charge in [0.15, 0.2) is 9.84 Å². The topological polar surface area (TPSA) is 54.4 Å². The third-order valence-electron chi connectivity index (χ3n) is 3.96. The number of halogens is 1. The minimum Gasteiger partial charge on any atom is -0.392 e. The highest BCUT2D eigenvalue weighted by Crippen LogP contribution is 2.28. The first-order chi connectivity index (χ1) is 9.91. The highest BCUT2D eigenvalue weighted by atomic mass is 32.2. The summed E-state index contributed by atoms with van der Waals surface area (Å²) in [4.78, 5) is -0.304. The van der Waals surface area contributed by atoms with Gasteiger partial charge in [0.25, 0.3) is 0 Å². The Morgan fingerprint density at radius 1 is 1.33 bits per heavy atom. The number of hydrogen-bond acceptors (Lipinski definition) is 3. The van der Waals surface area contributed by atoms with Crippen molar-refractivity contribution in [2.45, 2.75) is 37.0 Å². The Balaban J connectivity index is 2.30. The number of aliphatic hydroxyl groups excluding tert-OH is 1. The molecule has 0 aliphatic heterocycles. The van der Waals surface area contributed by atoms with Gasteiger partial charge in [-0.1, -0.05) is 31.4 Å². The zero-order valence-corrected chi connectivity index (χ0v) is 13.0. The van der Waals surface area contributed by atoms with Gasteiger partial charge in [0, 0.05) is 6.26 Å². The molecule has 2 rings (SSSR count). The molecule has 3 nitrogen and oxygen atoms in total. The lowest BCUT2D eigenvalue weighted by Crippen LogP contribution is -2.06. The van der Waals surface area contributed by atoms with E-state index in [1.807, 2.05) is 6.08 Å². The van der Waals surface area contributed by atoms with E-state index in [0.717, 1.165) is 19.1 Å². The normalized spacial score (nSPS) is 18.0. The van der Waals surface area contributed by atoms with Crippen molar-refractivity contribution >= 4 is 15.4 Å². The molecule has 116 valence electrons. The first-order valence-electron chi connectivity index (χ1n) is 7.23. The van der Waals surface area contributed by atoms with E-state index in [0.29, 0.717) is 17.1 Å². The third kappa shape index (κ3) is 4.14. The van der Waals surface area contributed by atoms with Crippen LogP contribution in [0, 0.1) is 11.7 Å². The summed E-state index contributed by atoms with van der Waals surface area (Å²) in [5, 5.41) is 9.52. The van der Waals surface area contributed by atoms with E-state index >= 15 is 0 Å². The van der Waals surface area contributed by atoms with E-state index in [2.05, 4.69) is 0 Å². The molecule has 1 aromatic carbocycles. The lowest BCUT2D eigenvalue weighted by atomic mass is 9.87. The van der Waals surface area contributed by atoms with E-state index < -0.39 is 15.7 Å². The van der Waals surface area contributed by atoms with E-state index in [9.17, 15) is 17.9 Å². The second-order valence-corrected chi connectivity index (χ2v) is 7.65. The third-order valence-corrected chi connectivity index (χ3v) is 5.09. The molecule has 0 bridgehead atoms. The van der Waals surface area contributed by atoms with Gasteiger partial charge < -0.3 is 5.11 Å². The SMILES string of the molecule is CS(=O)(=O)c1ccc(/C(=C\C2CCCCC2)CO)cc1F. The molecule has 0 saturated heterocycles. The van der Waals surface area contributed by atoms with Gasteiger partial charge >= 0.3 is 0 Å². The molecule has 0 amide bonds. The molecule has 5 heteroatoms. The van der Waals surface area contributed by atoms with Crippen LogP contribution in [0.1, 0.15) is 37.7 Å².